The number of hydrogen-bond donors (Lipinski definition) is 1. The van der Waals surface area contributed by atoms with E-state index >= 15 is 0 Å². The zero-order chi connectivity index (χ0) is 10.1. The number of rotatable bonds is 7. The molecule has 0 saturated carbocycles. The third-order valence-corrected chi connectivity index (χ3v) is 1.47. The molecule has 0 unspecified atom stereocenters. The fourth-order valence-electron chi connectivity index (χ4n) is 0.779. The summed E-state index contributed by atoms with van der Waals surface area (Å²) in [6, 6.07) is 0. The molecule has 0 aliphatic carbocycles. The van der Waals surface area contributed by atoms with Gasteiger partial charge in [0.25, 0.3) is 0 Å². The largest absolute Gasteiger partial charge is 0.381 e. The molecule has 5 nitrogen and oxygen atoms in total. The van der Waals surface area contributed by atoms with Gasteiger partial charge in [0.1, 0.15) is 5.92 Å². The molecular formula is C8H16O5. The summed E-state index contributed by atoms with van der Waals surface area (Å²) in [5.41, 5.74) is 0. The Morgan fingerprint density at radius 3 is 2.00 bits per heavy atom. The molecule has 0 amide bonds. The summed E-state index contributed by atoms with van der Waals surface area (Å²) in [4.78, 5) is 14.5. The van der Waals surface area contributed by atoms with Gasteiger partial charge in [-0.3, -0.25) is 0 Å². The van der Waals surface area contributed by atoms with Crippen LogP contribution in [0.25, 0.3) is 0 Å². The van der Waals surface area contributed by atoms with Crippen LogP contribution in [0.3, 0.4) is 0 Å². The molecule has 78 valence electrons. The maximum absolute atomic E-state index is 10.9. The summed E-state index contributed by atoms with van der Waals surface area (Å²) in [5, 5.41) is 8.14. The lowest BCUT2D eigenvalue weighted by Crippen LogP contribution is -2.26. The monoisotopic (exact) mass is 192 g/mol. The summed E-state index contributed by atoms with van der Waals surface area (Å²) in [5.74, 6) is -1.27. The maximum atomic E-state index is 10.9. The Balaban J connectivity index is 3.79. The summed E-state index contributed by atoms with van der Waals surface area (Å²) in [6.07, 6.45) is 0. The molecule has 0 aliphatic rings. The van der Waals surface area contributed by atoms with Crippen LogP contribution in [-0.2, 0) is 19.2 Å². The van der Waals surface area contributed by atoms with Crippen LogP contribution in [0.1, 0.15) is 13.8 Å². The average Bonchev–Trinajstić information content (AvgIpc) is 2.17. The Kier molecular flexibility index (Phi) is 7.57. The van der Waals surface area contributed by atoms with Crippen molar-refractivity contribution in [3.63, 3.8) is 0 Å². The SMILES string of the molecule is CCOCC(COCC)C(=O)OO. The van der Waals surface area contributed by atoms with E-state index in [-0.39, 0.29) is 13.2 Å². The third kappa shape index (κ3) is 5.57. The highest BCUT2D eigenvalue weighted by atomic mass is 17.1. The first-order chi connectivity index (χ1) is 6.26. The molecule has 0 aromatic heterocycles. The molecule has 0 aliphatic heterocycles. The predicted molar refractivity (Wildman–Crippen MR) is 45.2 cm³/mol. The summed E-state index contributed by atoms with van der Waals surface area (Å²) < 4.78 is 10.0. The number of carbonyl (C=O) groups is 1. The molecule has 1 N–H and O–H groups in total. The summed E-state index contributed by atoms with van der Waals surface area (Å²) >= 11 is 0. The lowest BCUT2D eigenvalue weighted by atomic mass is 10.2. The molecule has 0 aromatic carbocycles. The van der Waals surface area contributed by atoms with Gasteiger partial charge in [0, 0.05) is 13.2 Å². The van der Waals surface area contributed by atoms with Gasteiger partial charge in [-0.05, 0) is 13.8 Å². The van der Waals surface area contributed by atoms with Crippen molar-refractivity contribution in [1.29, 1.82) is 0 Å². The van der Waals surface area contributed by atoms with Crippen molar-refractivity contribution >= 4 is 5.97 Å². The van der Waals surface area contributed by atoms with E-state index < -0.39 is 11.9 Å². The molecule has 13 heavy (non-hydrogen) atoms. The second-order valence-corrected chi connectivity index (χ2v) is 2.43. The van der Waals surface area contributed by atoms with Gasteiger partial charge in [0.2, 0.25) is 0 Å². The highest BCUT2D eigenvalue weighted by Gasteiger charge is 2.20. The smallest absolute Gasteiger partial charge is 0.349 e. The van der Waals surface area contributed by atoms with Crippen molar-refractivity contribution in [2.75, 3.05) is 26.4 Å². The summed E-state index contributed by atoms with van der Waals surface area (Å²) in [7, 11) is 0. The van der Waals surface area contributed by atoms with Crippen LogP contribution in [0.4, 0.5) is 0 Å². The Morgan fingerprint density at radius 2 is 1.69 bits per heavy atom. The second-order valence-electron chi connectivity index (χ2n) is 2.43. The third-order valence-electron chi connectivity index (χ3n) is 1.47. The van der Waals surface area contributed by atoms with Gasteiger partial charge >= 0.3 is 5.97 Å². The van der Waals surface area contributed by atoms with E-state index in [4.69, 9.17) is 14.7 Å². The number of ether oxygens (including phenoxy) is 2. The Bertz CT molecular complexity index is 128. The van der Waals surface area contributed by atoms with Gasteiger partial charge in [-0.15, -0.1) is 0 Å². The molecule has 0 atom stereocenters. The zero-order valence-corrected chi connectivity index (χ0v) is 7.99. The van der Waals surface area contributed by atoms with Crippen LogP contribution in [0.2, 0.25) is 0 Å². The van der Waals surface area contributed by atoms with Crippen molar-refractivity contribution in [2.45, 2.75) is 13.8 Å². The van der Waals surface area contributed by atoms with Crippen molar-refractivity contribution in [3.05, 3.63) is 0 Å². The van der Waals surface area contributed by atoms with E-state index in [1.807, 2.05) is 13.8 Å². The van der Waals surface area contributed by atoms with Crippen LogP contribution in [-0.4, -0.2) is 37.7 Å². The van der Waals surface area contributed by atoms with Crippen molar-refractivity contribution in [2.24, 2.45) is 5.92 Å². The quantitative estimate of drug-likeness (QED) is 0.475. The van der Waals surface area contributed by atoms with Gasteiger partial charge in [-0.2, -0.15) is 5.26 Å². The van der Waals surface area contributed by atoms with Crippen LogP contribution >= 0.6 is 0 Å². The molecule has 0 bridgehead atoms. The van der Waals surface area contributed by atoms with Gasteiger partial charge in [0.05, 0.1) is 13.2 Å². The summed E-state index contributed by atoms with van der Waals surface area (Å²) in [6.45, 7) is 5.08. The lowest BCUT2D eigenvalue weighted by Gasteiger charge is -2.12. The van der Waals surface area contributed by atoms with Gasteiger partial charge in [-0.25, -0.2) is 4.79 Å². The molecule has 0 aromatic rings. The highest BCUT2D eigenvalue weighted by Crippen LogP contribution is 2.01. The van der Waals surface area contributed by atoms with Crippen LogP contribution in [0, 0.1) is 5.92 Å². The first-order valence-electron chi connectivity index (χ1n) is 4.26. The normalized spacial score (nSPS) is 10.5. The van der Waals surface area contributed by atoms with E-state index in [2.05, 4.69) is 4.89 Å². The van der Waals surface area contributed by atoms with Crippen molar-refractivity contribution in [3.8, 4) is 0 Å². The molecule has 0 fully saturated rings. The predicted octanol–water partition coefficient (Wildman–Crippen LogP) is 0.692. The maximum Gasteiger partial charge on any atom is 0.349 e. The van der Waals surface area contributed by atoms with E-state index in [0.717, 1.165) is 0 Å². The molecule has 0 spiro atoms. The molecule has 0 radical (unpaired) electrons. The molecule has 0 heterocycles. The van der Waals surface area contributed by atoms with Crippen molar-refractivity contribution in [1.82, 2.24) is 0 Å². The first kappa shape index (κ1) is 12.3. The number of hydrogen-bond acceptors (Lipinski definition) is 5. The Morgan fingerprint density at radius 1 is 1.23 bits per heavy atom. The van der Waals surface area contributed by atoms with Gasteiger partial charge in [0.15, 0.2) is 0 Å². The average molecular weight is 192 g/mol. The van der Waals surface area contributed by atoms with Crippen LogP contribution < -0.4 is 0 Å². The van der Waals surface area contributed by atoms with Crippen LogP contribution in [0.5, 0.6) is 0 Å². The standard InChI is InChI=1S/C8H16O5/c1-3-11-5-7(6-12-4-2)8(9)13-10/h7,10H,3-6H2,1-2H3. The Labute approximate surface area is 77.5 Å². The zero-order valence-electron chi connectivity index (χ0n) is 7.99. The lowest BCUT2D eigenvalue weighted by molar-refractivity contribution is -0.241. The van der Waals surface area contributed by atoms with Crippen LogP contribution in [0.15, 0.2) is 0 Å². The van der Waals surface area contributed by atoms with E-state index in [1.165, 1.54) is 0 Å². The minimum absolute atomic E-state index is 0.204. The van der Waals surface area contributed by atoms with E-state index in [1.54, 1.807) is 0 Å². The fourth-order valence-corrected chi connectivity index (χ4v) is 0.779. The van der Waals surface area contributed by atoms with Gasteiger partial charge < -0.3 is 14.4 Å². The first-order valence-corrected chi connectivity index (χ1v) is 4.26. The Hall–Kier alpha value is -0.650. The molecule has 5 heteroatoms. The van der Waals surface area contributed by atoms with Gasteiger partial charge in [-0.1, -0.05) is 0 Å². The highest BCUT2D eigenvalue weighted by molar-refractivity contribution is 5.71. The van der Waals surface area contributed by atoms with Crippen molar-refractivity contribution < 1.29 is 24.4 Å². The molecule has 0 rings (SSSR count). The van der Waals surface area contributed by atoms with E-state index in [0.29, 0.717) is 13.2 Å². The molecular weight excluding hydrogens is 176 g/mol. The second kappa shape index (κ2) is 7.97. The van der Waals surface area contributed by atoms with E-state index in [9.17, 15) is 4.79 Å². The fraction of sp³-hybridized carbons (Fsp3) is 0.875. The minimum Gasteiger partial charge on any atom is -0.381 e. The minimum atomic E-state index is -0.720. The topological polar surface area (TPSA) is 65.0 Å². The number of carbonyl (C=O) groups excluding carboxylic acids is 1. The molecule has 0 saturated heterocycles.